The molecular weight excluding hydrogens is 262 g/mol. The van der Waals surface area contributed by atoms with Crippen LogP contribution in [0.1, 0.15) is 23.2 Å². The van der Waals surface area contributed by atoms with Gasteiger partial charge in [-0.3, -0.25) is 4.79 Å². The summed E-state index contributed by atoms with van der Waals surface area (Å²) in [6, 6.07) is 9.33. The van der Waals surface area contributed by atoms with Crippen molar-refractivity contribution in [2.45, 2.75) is 18.2 Å². The molecule has 0 aliphatic rings. The Morgan fingerprint density at radius 2 is 2.16 bits per heavy atom. The summed E-state index contributed by atoms with van der Waals surface area (Å²) in [5.74, 6) is 0.770. The normalized spacial score (nSPS) is 12.1. The number of amides is 1. The maximum absolute atomic E-state index is 11.8. The number of rotatable bonds is 6. The van der Waals surface area contributed by atoms with Crippen LogP contribution in [0.25, 0.3) is 0 Å². The van der Waals surface area contributed by atoms with Gasteiger partial charge in [-0.05, 0) is 12.0 Å². The van der Waals surface area contributed by atoms with E-state index in [9.17, 15) is 4.79 Å². The standard InChI is InChI=1S/C14H16ClN3O/c15-13(11-5-2-1-3-6-11)14(19)18-8-4-7-12-16-9-10-17-12/h1-3,5-6,9-10,13H,4,7-8H2,(H,16,17)(H,18,19). The number of halogens is 1. The monoisotopic (exact) mass is 277 g/mol. The molecule has 0 aliphatic heterocycles. The fraction of sp³-hybridized carbons (Fsp3) is 0.286. The van der Waals surface area contributed by atoms with Gasteiger partial charge in [0.2, 0.25) is 5.91 Å². The molecular formula is C14H16ClN3O. The van der Waals surface area contributed by atoms with E-state index in [0.717, 1.165) is 24.2 Å². The Kier molecular flexibility index (Phi) is 4.98. The molecule has 5 heteroatoms. The number of aromatic amines is 1. The fourth-order valence-corrected chi connectivity index (χ4v) is 1.99. The van der Waals surface area contributed by atoms with E-state index in [1.54, 1.807) is 12.4 Å². The van der Waals surface area contributed by atoms with Crippen LogP contribution in [-0.2, 0) is 11.2 Å². The highest BCUT2D eigenvalue weighted by Crippen LogP contribution is 2.19. The van der Waals surface area contributed by atoms with Gasteiger partial charge in [0.15, 0.2) is 0 Å². The van der Waals surface area contributed by atoms with Crippen molar-refractivity contribution in [3.8, 4) is 0 Å². The first-order chi connectivity index (χ1) is 9.27. The van der Waals surface area contributed by atoms with Gasteiger partial charge in [-0.25, -0.2) is 4.98 Å². The molecule has 1 heterocycles. The second-order valence-corrected chi connectivity index (χ2v) is 4.64. The summed E-state index contributed by atoms with van der Waals surface area (Å²) in [4.78, 5) is 19.0. The van der Waals surface area contributed by atoms with Crippen molar-refractivity contribution in [3.05, 3.63) is 54.1 Å². The van der Waals surface area contributed by atoms with Crippen LogP contribution in [0.3, 0.4) is 0 Å². The van der Waals surface area contributed by atoms with Crippen molar-refractivity contribution in [1.29, 1.82) is 0 Å². The van der Waals surface area contributed by atoms with E-state index in [4.69, 9.17) is 11.6 Å². The van der Waals surface area contributed by atoms with Gasteiger partial charge in [-0.15, -0.1) is 11.6 Å². The van der Waals surface area contributed by atoms with Crippen LogP contribution in [0.2, 0.25) is 0 Å². The molecule has 1 unspecified atom stereocenters. The molecule has 19 heavy (non-hydrogen) atoms. The zero-order valence-corrected chi connectivity index (χ0v) is 11.2. The highest BCUT2D eigenvalue weighted by molar-refractivity contribution is 6.30. The Hall–Kier alpha value is -1.81. The van der Waals surface area contributed by atoms with Crippen LogP contribution in [-0.4, -0.2) is 22.4 Å². The number of alkyl halides is 1. The molecule has 0 spiro atoms. The Morgan fingerprint density at radius 3 is 2.84 bits per heavy atom. The molecule has 0 aliphatic carbocycles. The number of nitrogens with one attached hydrogen (secondary N) is 2. The van der Waals surface area contributed by atoms with Crippen LogP contribution >= 0.6 is 11.6 Å². The number of nitrogens with zero attached hydrogens (tertiary/aromatic N) is 1. The maximum Gasteiger partial charge on any atom is 0.242 e. The van der Waals surface area contributed by atoms with Crippen LogP contribution < -0.4 is 5.32 Å². The van der Waals surface area contributed by atoms with E-state index in [1.807, 2.05) is 30.3 Å². The quantitative estimate of drug-likeness (QED) is 0.629. The number of hydrogen-bond acceptors (Lipinski definition) is 2. The molecule has 2 aromatic rings. The first kappa shape index (κ1) is 13.6. The first-order valence-corrected chi connectivity index (χ1v) is 6.66. The van der Waals surface area contributed by atoms with Gasteiger partial charge in [0, 0.05) is 25.4 Å². The molecule has 4 nitrogen and oxygen atoms in total. The number of aromatic nitrogens is 2. The van der Waals surface area contributed by atoms with Crippen molar-refractivity contribution in [2.24, 2.45) is 0 Å². The van der Waals surface area contributed by atoms with E-state index in [1.165, 1.54) is 0 Å². The van der Waals surface area contributed by atoms with E-state index >= 15 is 0 Å². The molecule has 0 saturated heterocycles. The lowest BCUT2D eigenvalue weighted by atomic mass is 10.1. The van der Waals surface area contributed by atoms with Crippen molar-refractivity contribution >= 4 is 17.5 Å². The Morgan fingerprint density at radius 1 is 1.37 bits per heavy atom. The van der Waals surface area contributed by atoms with Crippen LogP contribution in [0.4, 0.5) is 0 Å². The number of carbonyl (C=O) groups is 1. The van der Waals surface area contributed by atoms with Gasteiger partial charge in [0.1, 0.15) is 11.2 Å². The summed E-state index contributed by atoms with van der Waals surface area (Å²) in [5, 5.41) is 2.20. The lowest BCUT2D eigenvalue weighted by Gasteiger charge is -2.10. The van der Waals surface area contributed by atoms with Crippen molar-refractivity contribution < 1.29 is 4.79 Å². The Balaban J connectivity index is 1.72. The topological polar surface area (TPSA) is 57.8 Å². The van der Waals surface area contributed by atoms with E-state index < -0.39 is 5.38 Å². The summed E-state index contributed by atoms with van der Waals surface area (Å²) in [5.41, 5.74) is 0.813. The van der Waals surface area contributed by atoms with Gasteiger partial charge < -0.3 is 10.3 Å². The molecule has 2 rings (SSSR count). The van der Waals surface area contributed by atoms with Gasteiger partial charge >= 0.3 is 0 Å². The zero-order chi connectivity index (χ0) is 13.5. The first-order valence-electron chi connectivity index (χ1n) is 6.22. The zero-order valence-electron chi connectivity index (χ0n) is 10.5. The minimum Gasteiger partial charge on any atom is -0.355 e. The molecule has 0 fully saturated rings. The Labute approximate surface area is 117 Å². The lowest BCUT2D eigenvalue weighted by molar-refractivity contribution is -0.120. The third-order valence-corrected chi connectivity index (χ3v) is 3.22. The fourth-order valence-electron chi connectivity index (χ4n) is 1.77. The number of carbonyl (C=O) groups excluding carboxylic acids is 1. The number of benzene rings is 1. The van der Waals surface area contributed by atoms with E-state index in [0.29, 0.717) is 6.54 Å². The lowest BCUT2D eigenvalue weighted by Crippen LogP contribution is -2.28. The molecule has 1 aromatic heterocycles. The molecule has 100 valence electrons. The van der Waals surface area contributed by atoms with Crippen LogP contribution in [0, 0.1) is 0 Å². The maximum atomic E-state index is 11.8. The summed E-state index contributed by atoms with van der Waals surface area (Å²) in [6.45, 7) is 0.593. The summed E-state index contributed by atoms with van der Waals surface area (Å²) < 4.78 is 0. The van der Waals surface area contributed by atoms with Crippen molar-refractivity contribution in [2.75, 3.05) is 6.54 Å². The molecule has 1 aromatic carbocycles. The SMILES string of the molecule is O=C(NCCCc1ncc[nH]1)C(Cl)c1ccccc1. The van der Waals surface area contributed by atoms with Crippen LogP contribution in [0.15, 0.2) is 42.7 Å². The van der Waals surface area contributed by atoms with Crippen LogP contribution in [0.5, 0.6) is 0 Å². The third-order valence-electron chi connectivity index (χ3n) is 2.77. The average Bonchev–Trinajstić information content (AvgIpc) is 2.96. The molecule has 1 amide bonds. The third kappa shape index (κ3) is 4.10. The second-order valence-electron chi connectivity index (χ2n) is 4.20. The second kappa shape index (κ2) is 6.95. The molecule has 1 atom stereocenters. The Bertz CT molecular complexity index is 499. The average molecular weight is 278 g/mol. The van der Waals surface area contributed by atoms with Gasteiger partial charge in [0.25, 0.3) is 0 Å². The van der Waals surface area contributed by atoms with E-state index in [-0.39, 0.29) is 5.91 Å². The van der Waals surface area contributed by atoms with Crippen molar-refractivity contribution in [3.63, 3.8) is 0 Å². The number of H-pyrrole nitrogens is 1. The molecule has 0 saturated carbocycles. The summed E-state index contributed by atoms with van der Waals surface area (Å²) in [6.07, 6.45) is 5.15. The van der Waals surface area contributed by atoms with Crippen molar-refractivity contribution in [1.82, 2.24) is 15.3 Å². The highest BCUT2D eigenvalue weighted by atomic mass is 35.5. The number of aryl methyl sites for hydroxylation is 1. The predicted octanol–water partition coefficient (Wildman–Crippen LogP) is 2.44. The molecule has 0 bridgehead atoms. The number of imidazole rings is 1. The molecule has 2 N–H and O–H groups in total. The van der Waals surface area contributed by atoms with Gasteiger partial charge in [-0.1, -0.05) is 30.3 Å². The number of hydrogen-bond donors (Lipinski definition) is 2. The minimum atomic E-state index is -0.634. The van der Waals surface area contributed by atoms with Gasteiger partial charge in [-0.2, -0.15) is 0 Å². The smallest absolute Gasteiger partial charge is 0.242 e. The summed E-state index contributed by atoms with van der Waals surface area (Å²) in [7, 11) is 0. The highest BCUT2D eigenvalue weighted by Gasteiger charge is 2.16. The van der Waals surface area contributed by atoms with Gasteiger partial charge in [0.05, 0.1) is 0 Å². The largest absolute Gasteiger partial charge is 0.355 e. The minimum absolute atomic E-state index is 0.160. The van der Waals surface area contributed by atoms with E-state index in [2.05, 4.69) is 15.3 Å². The molecule has 0 radical (unpaired) electrons. The summed E-state index contributed by atoms with van der Waals surface area (Å²) >= 11 is 6.10. The predicted molar refractivity (Wildman–Crippen MR) is 75.0 cm³/mol.